The summed E-state index contributed by atoms with van der Waals surface area (Å²) < 4.78 is 8.83. The summed E-state index contributed by atoms with van der Waals surface area (Å²) in [4.78, 5) is 16.0. The third-order valence-corrected chi connectivity index (χ3v) is 6.01. The van der Waals surface area contributed by atoms with Crippen LogP contribution in [0.2, 0.25) is 0 Å². The summed E-state index contributed by atoms with van der Waals surface area (Å²) in [6.07, 6.45) is 2.28. The molecule has 1 aliphatic carbocycles. The van der Waals surface area contributed by atoms with Gasteiger partial charge in [-0.1, -0.05) is 36.4 Å². The first-order chi connectivity index (χ1) is 16.0. The smallest absolute Gasteiger partial charge is 0.368 e. The fourth-order valence-electron chi connectivity index (χ4n) is 4.09. The molecule has 0 amide bonds. The van der Waals surface area contributed by atoms with Crippen LogP contribution in [-0.4, -0.2) is 19.8 Å². The standard InChI is InChI=1S/C26H23N5O2/c1-17-14-20(19-6-4-7-21(15-19)27-2)12-13-25(17)33-16-23-22(18-10-11-18)8-5-9-24(23)31-26(32)30(3)28-29-31/h4-9,12-15,18H,10-11,16H2,1,3H3. The van der Waals surface area contributed by atoms with Crippen LogP contribution in [0.15, 0.2) is 65.5 Å². The van der Waals surface area contributed by atoms with Crippen molar-refractivity contribution < 1.29 is 4.74 Å². The number of benzene rings is 3. The Kier molecular flexibility index (Phi) is 5.27. The zero-order chi connectivity index (χ0) is 22.9. The number of aryl methyl sites for hydroxylation is 2. The van der Waals surface area contributed by atoms with Crippen molar-refractivity contribution in [2.75, 3.05) is 0 Å². The van der Waals surface area contributed by atoms with Crippen LogP contribution in [0.1, 0.15) is 35.4 Å². The van der Waals surface area contributed by atoms with Crippen molar-refractivity contribution in [3.8, 4) is 22.6 Å². The van der Waals surface area contributed by atoms with E-state index in [0.717, 1.165) is 40.8 Å². The molecule has 0 radical (unpaired) electrons. The molecule has 3 aromatic carbocycles. The molecule has 0 saturated heterocycles. The quantitative estimate of drug-likeness (QED) is 0.401. The molecule has 0 unspecified atom stereocenters. The van der Waals surface area contributed by atoms with Gasteiger partial charge >= 0.3 is 5.69 Å². The molecule has 5 rings (SSSR count). The average molecular weight is 438 g/mol. The predicted octanol–water partition coefficient (Wildman–Crippen LogP) is 4.95. The summed E-state index contributed by atoms with van der Waals surface area (Å²) in [5.74, 6) is 1.28. The lowest BCUT2D eigenvalue weighted by atomic mass is 10.0. The number of ether oxygens (including phenoxy) is 1. The van der Waals surface area contributed by atoms with E-state index in [9.17, 15) is 4.79 Å². The van der Waals surface area contributed by atoms with Crippen molar-refractivity contribution in [1.29, 1.82) is 0 Å². The molecule has 7 nitrogen and oxygen atoms in total. The summed E-state index contributed by atoms with van der Waals surface area (Å²) in [6, 6.07) is 19.6. The Morgan fingerprint density at radius 3 is 2.55 bits per heavy atom. The van der Waals surface area contributed by atoms with E-state index in [0.29, 0.717) is 23.9 Å². The molecule has 0 aliphatic heterocycles. The second-order valence-electron chi connectivity index (χ2n) is 8.35. The maximum absolute atomic E-state index is 12.5. The average Bonchev–Trinajstić information content (AvgIpc) is 3.63. The highest BCUT2D eigenvalue weighted by molar-refractivity contribution is 5.69. The van der Waals surface area contributed by atoms with Gasteiger partial charge in [-0.15, -0.1) is 0 Å². The summed E-state index contributed by atoms with van der Waals surface area (Å²) in [5, 5.41) is 7.90. The van der Waals surface area contributed by atoms with Crippen molar-refractivity contribution in [2.45, 2.75) is 32.3 Å². The fraction of sp³-hybridized carbons (Fsp3) is 0.231. The van der Waals surface area contributed by atoms with E-state index in [1.807, 2.05) is 49.4 Å². The molecule has 1 saturated carbocycles. The van der Waals surface area contributed by atoms with Crippen LogP contribution in [0.5, 0.6) is 5.75 Å². The van der Waals surface area contributed by atoms with E-state index in [1.54, 1.807) is 13.1 Å². The van der Waals surface area contributed by atoms with E-state index in [2.05, 4.69) is 27.4 Å². The summed E-state index contributed by atoms with van der Waals surface area (Å²) in [7, 11) is 1.59. The van der Waals surface area contributed by atoms with Gasteiger partial charge in [0.25, 0.3) is 0 Å². The molecule has 164 valence electrons. The molecule has 0 atom stereocenters. The lowest BCUT2D eigenvalue weighted by molar-refractivity contribution is 0.302. The number of nitrogens with zero attached hydrogens (tertiary/aromatic N) is 5. The third kappa shape index (κ3) is 4.03. The molecule has 0 N–H and O–H groups in total. The molecule has 0 spiro atoms. The van der Waals surface area contributed by atoms with E-state index in [-0.39, 0.29) is 5.69 Å². The third-order valence-electron chi connectivity index (χ3n) is 6.01. The first kappa shape index (κ1) is 20.7. The molecule has 33 heavy (non-hydrogen) atoms. The second kappa shape index (κ2) is 8.40. The number of aromatic nitrogens is 4. The first-order valence-electron chi connectivity index (χ1n) is 10.9. The molecule has 1 fully saturated rings. The predicted molar refractivity (Wildman–Crippen MR) is 126 cm³/mol. The van der Waals surface area contributed by atoms with E-state index >= 15 is 0 Å². The number of rotatable bonds is 6. The van der Waals surface area contributed by atoms with Crippen LogP contribution in [-0.2, 0) is 13.7 Å². The van der Waals surface area contributed by atoms with Gasteiger partial charge in [0.15, 0.2) is 5.69 Å². The van der Waals surface area contributed by atoms with Crippen LogP contribution >= 0.6 is 0 Å². The van der Waals surface area contributed by atoms with Gasteiger partial charge in [0.05, 0.1) is 12.3 Å². The SMILES string of the molecule is [C-]#[N+]c1cccc(-c2ccc(OCc3c(C4CC4)cccc3-n3nnn(C)c3=O)c(C)c2)c1. The van der Waals surface area contributed by atoms with Gasteiger partial charge < -0.3 is 4.74 Å². The molecule has 0 bridgehead atoms. The molecule has 4 aromatic rings. The number of tetrazole rings is 1. The fourth-order valence-corrected chi connectivity index (χ4v) is 4.09. The van der Waals surface area contributed by atoms with Crippen LogP contribution < -0.4 is 10.4 Å². The maximum Gasteiger partial charge on any atom is 0.368 e. The maximum atomic E-state index is 12.5. The minimum absolute atomic E-state index is 0.286. The van der Waals surface area contributed by atoms with Crippen molar-refractivity contribution in [1.82, 2.24) is 19.8 Å². The zero-order valence-corrected chi connectivity index (χ0v) is 18.5. The van der Waals surface area contributed by atoms with Crippen molar-refractivity contribution in [3.63, 3.8) is 0 Å². The lowest BCUT2D eigenvalue weighted by Gasteiger charge is -2.16. The summed E-state index contributed by atoms with van der Waals surface area (Å²) in [6.45, 7) is 9.58. The van der Waals surface area contributed by atoms with Gasteiger partial charge in [0, 0.05) is 12.6 Å². The highest BCUT2D eigenvalue weighted by Crippen LogP contribution is 2.43. The first-order valence-corrected chi connectivity index (χ1v) is 10.9. The Labute approximate surface area is 191 Å². The molecule has 7 heteroatoms. The van der Waals surface area contributed by atoms with Gasteiger partial charge in [-0.2, -0.15) is 9.36 Å². The number of hydrogen-bond donors (Lipinski definition) is 0. The molecule has 1 aliphatic rings. The zero-order valence-electron chi connectivity index (χ0n) is 18.5. The minimum atomic E-state index is -0.286. The van der Waals surface area contributed by atoms with Gasteiger partial charge in [-0.3, -0.25) is 0 Å². The van der Waals surface area contributed by atoms with E-state index in [1.165, 1.54) is 14.9 Å². The van der Waals surface area contributed by atoms with Crippen LogP contribution in [0.3, 0.4) is 0 Å². The Morgan fingerprint density at radius 2 is 1.85 bits per heavy atom. The Morgan fingerprint density at radius 1 is 1.06 bits per heavy atom. The Hall–Kier alpha value is -4.18. The highest BCUT2D eigenvalue weighted by Gasteiger charge is 2.28. The largest absolute Gasteiger partial charge is 0.489 e. The van der Waals surface area contributed by atoms with Crippen LogP contribution in [0.25, 0.3) is 21.7 Å². The molecular weight excluding hydrogens is 414 g/mol. The minimum Gasteiger partial charge on any atom is -0.489 e. The monoisotopic (exact) mass is 437 g/mol. The van der Waals surface area contributed by atoms with Gasteiger partial charge in [-0.25, -0.2) is 9.64 Å². The summed E-state index contributed by atoms with van der Waals surface area (Å²) in [5.41, 5.74) is 6.26. The molecular formula is C26H23N5O2. The van der Waals surface area contributed by atoms with Gasteiger partial charge in [0.1, 0.15) is 12.4 Å². The Balaban J connectivity index is 1.45. The highest BCUT2D eigenvalue weighted by atomic mass is 16.5. The van der Waals surface area contributed by atoms with Gasteiger partial charge in [0.2, 0.25) is 0 Å². The molecule has 1 aromatic heterocycles. The van der Waals surface area contributed by atoms with Crippen LogP contribution in [0, 0.1) is 13.5 Å². The van der Waals surface area contributed by atoms with E-state index in [4.69, 9.17) is 11.3 Å². The van der Waals surface area contributed by atoms with Crippen molar-refractivity contribution >= 4 is 5.69 Å². The summed E-state index contributed by atoms with van der Waals surface area (Å²) >= 11 is 0. The van der Waals surface area contributed by atoms with Gasteiger partial charge in [-0.05, 0) is 82.6 Å². The molecule has 1 heterocycles. The Bertz CT molecular complexity index is 1440. The van der Waals surface area contributed by atoms with Crippen LogP contribution in [0.4, 0.5) is 5.69 Å². The topological polar surface area (TPSA) is 66.3 Å². The van der Waals surface area contributed by atoms with Crippen molar-refractivity contribution in [2.24, 2.45) is 7.05 Å². The van der Waals surface area contributed by atoms with E-state index < -0.39 is 0 Å². The normalized spacial score (nSPS) is 13.0. The second-order valence-corrected chi connectivity index (χ2v) is 8.35. The number of hydrogen-bond acceptors (Lipinski definition) is 4. The lowest BCUT2D eigenvalue weighted by Crippen LogP contribution is -2.23. The van der Waals surface area contributed by atoms with Crippen molar-refractivity contribution in [3.05, 3.63) is 99.3 Å².